The second-order valence-corrected chi connectivity index (χ2v) is 2.45. The normalized spacial score (nSPS) is 34.2. The van der Waals surface area contributed by atoms with E-state index in [1.165, 1.54) is 0 Å². The third-order valence-electron chi connectivity index (χ3n) is 1.61. The van der Waals surface area contributed by atoms with Crippen LogP contribution in [0.3, 0.4) is 0 Å². The average molecular weight is 168 g/mol. The molecule has 1 rings (SSSR count). The summed E-state index contributed by atoms with van der Waals surface area (Å²) in [6.07, 6.45) is 1.40. The lowest BCUT2D eigenvalue weighted by atomic mass is 10.1. The number of rotatable bonds is 0. The number of ether oxygens (including phenoxy) is 1. The van der Waals surface area contributed by atoms with E-state index in [2.05, 4.69) is 0 Å². The monoisotopic (exact) mass is 167 g/mol. The molecule has 0 aromatic carbocycles. The summed E-state index contributed by atoms with van der Waals surface area (Å²) < 4.78 is 5.05. The van der Waals surface area contributed by atoms with Gasteiger partial charge in [-0.05, 0) is 12.8 Å². The van der Waals surface area contributed by atoms with E-state index in [0.29, 0.717) is 6.61 Å². The first-order valence-electron chi connectivity index (χ1n) is 3.32. The molecule has 62 valence electrons. The van der Waals surface area contributed by atoms with Crippen LogP contribution in [0.2, 0.25) is 0 Å². The molecular weight excluding hydrogens is 154 g/mol. The topological polar surface area (TPSA) is 55.5 Å². The summed E-state index contributed by atoms with van der Waals surface area (Å²) >= 11 is 0. The first-order valence-corrected chi connectivity index (χ1v) is 3.32. The molecule has 3 N–H and O–H groups in total. The Morgan fingerprint density at radius 3 is 2.90 bits per heavy atom. The summed E-state index contributed by atoms with van der Waals surface area (Å²) in [4.78, 5) is 0. The van der Waals surface area contributed by atoms with Crippen molar-refractivity contribution in [1.29, 1.82) is 0 Å². The first-order chi connectivity index (χ1) is 4.30. The summed E-state index contributed by atoms with van der Waals surface area (Å²) in [5.74, 6) is 0. The van der Waals surface area contributed by atoms with Gasteiger partial charge in [-0.25, -0.2) is 0 Å². The van der Waals surface area contributed by atoms with Gasteiger partial charge in [0.15, 0.2) is 0 Å². The molecule has 2 atom stereocenters. The Morgan fingerprint density at radius 2 is 2.20 bits per heavy atom. The zero-order valence-corrected chi connectivity index (χ0v) is 6.64. The van der Waals surface area contributed by atoms with E-state index in [1.807, 2.05) is 0 Å². The summed E-state index contributed by atoms with van der Waals surface area (Å²) in [6.45, 7) is 1.14. The smallest absolute Gasteiger partial charge is 0.0924 e. The van der Waals surface area contributed by atoms with Crippen LogP contribution in [0.5, 0.6) is 0 Å². The maximum absolute atomic E-state index is 9.11. The van der Waals surface area contributed by atoms with Crippen LogP contribution in [0.1, 0.15) is 12.8 Å². The van der Waals surface area contributed by atoms with Crippen LogP contribution < -0.4 is 5.73 Å². The van der Waals surface area contributed by atoms with Crippen LogP contribution >= 0.6 is 12.4 Å². The Kier molecular flexibility index (Phi) is 4.99. The van der Waals surface area contributed by atoms with Gasteiger partial charge in [0.25, 0.3) is 0 Å². The quantitative estimate of drug-likeness (QED) is 0.530. The number of hydrogen-bond acceptors (Lipinski definition) is 3. The van der Waals surface area contributed by atoms with E-state index in [4.69, 9.17) is 15.6 Å². The van der Waals surface area contributed by atoms with Gasteiger partial charge < -0.3 is 15.6 Å². The lowest BCUT2D eigenvalue weighted by Crippen LogP contribution is -2.35. The Labute approximate surface area is 67.0 Å². The number of aliphatic hydroxyl groups is 1. The highest BCUT2D eigenvalue weighted by atomic mass is 35.5. The van der Waals surface area contributed by atoms with E-state index >= 15 is 0 Å². The molecule has 0 radical (unpaired) electrons. The van der Waals surface area contributed by atoms with E-state index < -0.39 is 6.10 Å². The maximum atomic E-state index is 9.11. The summed E-state index contributed by atoms with van der Waals surface area (Å²) in [6, 6.07) is -0.0764. The average Bonchev–Trinajstić information content (AvgIpc) is 1.99. The molecule has 0 amide bonds. The van der Waals surface area contributed by atoms with E-state index in [0.717, 1.165) is 19.4 Å². The standard InChI is InChI=1S/C6H13NO2.ClH/c7-5-2-1-3-9-4-6(5)8;/h5-6,8H,1-4,7H2;1H. The van der Waals surface area contributed by atoms with Crippen LogP contribution in [0, 0.1) is 0 Å². The van der Waals surface area contributed by atoms with Gasteiger partial charge in [-0.2, -0.15) is 0 Å². The molecule has 0 aromatic heterocycles. The Morgan fingerprint density at radius 1 is 1.50 bits per heavy atom. The van der Waals surface area contributed by atoms with E-state index in [-0.39, 0.29) is 18.4 Å². The van der Waals surface area contributed by atoms with Crippen molar-refractivity contribution in [3.8, 4) is 0 Å². The molecule has 1 aliphatic rings. The highest BCUT2D eigenvalue weighted by Crippen LogP contribution is 2.05. The van der Waals surface area contributed by atoms with Gasteiger partial charge in [0.2, 0.25) is 0 Å². The number of halogens is 1. The van der Waals surface area contributed by atoms with Crippen molar-refractivity contribution >= 4 is 12.4 Å². The second kappa shape index (κ2) is 4.91. The molecule has 1 saturated heterocycles. The number of nitrogens with two attached hydrogens (primary N) is 1. The highest BCUT2D eigenvalue weighted by Gasteiger charge is 2.17. The summed E-state index contributed by atoms with van der Waals surface area (Å²) in [7, 11) is 0. The van der Waals surface area contributed by atoms with Gasteiger partial charge >= 0.3 is 0 Å². The predicted octanol–water partition coefficient (Wildman–Crippen LogP) is -0.0932. The van der Waals surface area contributed by atoms with Crippen molar-refractivity contribution in [2.24, 2.45) is 5.73 Å². The zero-order chi connectivity index (χ0) is 6.69. The van der Waals surface area contributed by atoms with Gasteiger partial charge in [0, 0.05) is 12.6 Å². The molecule has 3 nitrogen and oxygen atoms in total. The van der Waals surface area contributed by atoms with Crippen molar-refractivity contribution in [3.05, 3.63) is 0 Å². The van der Waals surface area contributed by atoms with Crippen molar-refractivity contribution in [3.63, 3.8) is 0 Å². The number of aliphatic hydroxyl groups excluding tert-OH is 1. The molecule has 1 heterocycles. The zero-order valence-electron chi connectivity index (χ0n) is 5.82. The molecule has 0 aromatic rings. The molecule has 0 bridgehead atoms. The molecule has 0 aliphatic carbocycles. The Hall–Kier alpha value is 0.170. The van der Waals surface area contributed by atoms with E-state index in [9.17, 15) is 0 Å². The summed E-state index contributed by atoms with van der Waals surface area (Å²) in [5.41, 5.74) is 5.55. The molecule has 0 spiro atoms. The third kappa shape index (κ3) is 2.84. The molecule has 1 fully saturated rings. The molecule has 0 saturated carbocycles. The second-order valence-electron chi connectivity index (χ2n) is 2.45. The molecule has 10 heavy (non-hydrogen) atoms. The largest absolute Gasteiger partial charge is 0.389 e. The minimum absolute atomic E-state index is 0. The van der Waals surface area contributed by atoms with Crippen LogP contribution in [0.4, 0.5) is 0 Å². The highest BCUT2D eigenvalue weighted by molar-refractivity contribution is 5.85. The van der Waals surface area contributed by atoms with Crippen LogP contribution in [-0.2, 0) is 4.74 Å². The Balaban J connectivity index is 0.000000810. The van der Waals surface area contributed by atoms with Gasteiger partial charge in [-0.3, -0.25) is 0 Å². The third-order valence-corrected chi connectivity index (χ3v) is 1.61. The predicted molar refractivity (Wildman–Crippen MR) is 41.3 cm³/mol. The van der Waals surface area contributed by atoms with Crippen LogP contribution in [0.15, 0.2) is 0 Å². The SMILES string of the molecule is Cl.NC1CCCOCC1O. The molecule has 4 heteroatoms. The van der Waals surface area contributed by atoms with E-state index in [1.54, 1.807) is 0 Å². The van der Waals surface area contributed by atoms with Crippen molar-refractivity contribution in [2.75, 3.05) is 13.2 Å². The summed E-state index contributed by atoms with van der Waals surface area (Å²) in [5, 5.41) is 9.11. The van der Waals surface area contributed by atoms with Crippen molar-refractivity contribution in [2.45, 2.75) is 25.0 Å². The van der Waals surface area contributed by atoms with Crippen LogP contribution in [-0.4, -0.2) is 30.5 Å². The number of hydrogen-bond donors (Lipinski definition) is 2. The minimum atomic E-state index is -0.451. The molecule has 1 aliphatic heterocycles. The van der Waals surface area contributed by atoms with Gasteiger partial charge in [0.05, 0.1) is 12.7 Å². The molecule has 2 unspecified atom stereocenters. The molecular formula is C6H14ClNO2. The van der Waals surface area contributed by atoms with Gasteiger partial charge in [-0.1, -0.05) is 0 Å². The Bertz CT molecular complexity index is 81.8. The van der Waals surface area contributed by atoms with Crippen molar-refractivity contribution in [1.82, 2.24) is 0 Å². The van der Waals surface area contributed by atoms with Gasteiger partial charge in [0.1, 0.15) is 0 Å². The van der Waals surface area contributed by atoms with Crippen molar-refractivity contribution < 1.29 is 9.84 Å². The maximum Gasteiger partial charge on any atom is 0.0924 e. The lowest BCUT2D eigenvalue weighted by Gasteiger charge is -2.12. The fraction of sp³-hybridized carbons (Fsp3) is 1.00. The van der Waals surface area contributed by atoms with Crippen LogP contribution in [0.25, 0.3) is 0 Å². The first kappa shape index (κ1) is 10.2. The van der Waals surface area contributed by atoms with Gasteiger partial charge in [-0.15, -0.1) is 12.4 Å². The fourth-order valence-electron chi connectivity index (χ4n) is 0.941. The minimum Gasteiger partial charge on any atom is -0.389 e. The fourth-order valence-corrected chi connectivity index (χ4v) is 0.941. The lowest BCUT2D eigenvalue weighted by molar-refractivity contribution is 0.0436.